The molecule has 0 saturated heterocycles. The Balaban J connectivity index is 1.58. The number of nitrogens with one attached hydrogen (secondary N) is 1. The van der Waals surface area contributed by atoms with E-state index in [1.807, 2.05) is 78.4 Å². The molecule has 8 heteroatoms. The number of aromatic nitrogens is 3. The van der Waals surface area contributed by atoms with Gasteiger partial charge in [0, 0.05) is 5.69 Å². The summed E-state index contributed by atoms with van der Waals surface area (Å²) in [5.41, 5.74) is 3.88. The van der Waals surface area contributed by atoms with Crippen LogP contribution in [0.3, 0.4) is 0 Å². The molecule has 2 heterocycles. The van der Waals surface area contributed by atoms with E-state index >= 15 is 0 Å². The Hall–Kier alpha value is -3.10. The number of thioether (sulfide) groups is 1. The Bertz CT molecular complexity index is 1190. The van der Waals surface area contributed by atoms with Crippen LogP contribution in [0.4, 0.5) is 5.69 Å². The van der Waals surface area contributed by atoms with E-state index < -0.39 is 0 Å². The summed E-state index contributed by atoms with van der Waals surface area (Å²) in [6.07, 6.45) is 0. The minimum absolute atomic E-state index is 0.0827. The molecule has 0 saturated carbocycles. The van der Waals surface area contributed by atoms with E-state index in [0.717, 1.165) is 39.0 Å². The monoisotopic (exact) mass is 450 g/mol. The predicted molar refractivity (Wildman–Crippen MR) is 126 cm³/mol. The fourth-order valence-corrected chi connectivity index (χ4v) is 4.53. The second-order valence-corrected chi connectivity index (χ2v) is 8.86. The Morgan fingerprint density at radius 1 is 1.13 bits per heavy atom. The number of carbonyl (C=O) groups is 1. The van der Waals surface area contributed by atoms with Gasteiger partial charge in [-0.05, 0) is 66.8 Å². The van der Waals surface area contributed by atoms with Crippen molar-refractivity contribution in [3.8, 4) is 22.1 Å². The van der Waals surface area contributed by atoms with E-state index in [1.165, 1.54) is 11.8 Å². The molecule has 0 atom stereocenters. The van der Waals surface area contributed by atoms with Crippen molar-refractivity contribution in [2.45, 2.75) is 19.0 Å². The summed E-state index contributed by atoms with van der Waals surface area (Å²) in [6.45, 7) is 3.99. The van der Waals surface area contributed by atoms with Gasteiger partial charge in [0.1, 0.15) is 5.75 Å². The summed E-state index contributed by atoms with van der Waals surface area (Å²) in [6, 6.07) is 17.7. The lowest BCUT2D eigenvalue weighted by Gasteiger charge is -2.11. The van der Waals surface area contributed by atoms with Gasteiger partial charge in [-0.2, -0.15) is 0 Å². The average Bonchev–Trinajstić information content (AvgIpc) is 3.44. The van der Waals surface area contributed by atoms with Gasteiger partial charge in [-0.15, -0.1) is 21.5 Å². The van der Waals surface area contributed by atoms with Crippen molar-refractivity contribution in [3.05, 3.63) is 71.1 Å². The molecule has 0 bridgehead atoms. The zero-order chi connectivity index (χ0) is 21.8. The maximum atomic E-state index is 12.6. The van der Waals surface area contributed by atoms with Gasteiger partial charge in [0.15, 0.2) is 11.0 Å². The van der Waals surface area contributed by atoms with Crippen LogP contribution in [0.15, 0.2) is 65.1 Å². The van der Waals surface area contributed by atoms with Gasteiger partial charge in [0.2, 0.25) is 5.91 Å². The number of hydrogen-bond acceptors (Lipinski definition) is 6. The predicted octanol–water partition coefficient (Wildman–Crippen LogP) is 5.35. The van der Waals surface area contributed by atoms with Gasteiger partial charge in [-0.25, -0.2) is 0 Å². The molecule has 2 aromatic carbocycles. The topological polar surface area (TPSA) is 69.0 Å². The molecule has 0 radical (unpaired) electrons. The maximum absolute atomic E-state index is 12.6. The third-order valence-corrected chi connectivity index (χ3v) is 6.50. The summed E-state index contributed by atoms with van der Waals surface area (Å²) in [5.74, 6) is 1.67. The number of hydrogen-bond donors (Lipinski definition) is 1. The van der Waals surface area contributed by atoms with Crippen molar-refractivity contribution in [1.82, 2.24) is 14.8 Å². The smallest absolute Gasteiger partial charge is 0.234 e. The summed E-state index contributed by atoms with van der Waals surface area (Å²) >= 11 is 2.96. The summed E-state index contributed by atoms with van der Waals surface area (Å²) < 4.78 is 7.25. The Labute approximate surface area is 189 Å². The largest absolute Gasteiger partial charge is 0.497 e. The molecule has 0 spiro atoms. The van der Waals surface area contributed by atoms with Crippen molar-refractivity contribution in [3.63, 3.8) is 0 Å². The molecule has 1 N–H and O–H groups in total. The van der Waals surface area contributed by atoms with Crippen LogP contribution in [0.1, 0.15) is 11.1 Å². The zero-order valence-corrected chi connectivity index (χ0v) is 19.1. The number of benzene rings is 2. The van der Waals surface area contributed by atoms with Crippen LogP contribution in [0.25, 0.3) is 16.4 Å². The molecule has 158 valence electrons. The van der Waals surface area contributed by atoms with Crippen LogP contribution < -0.4 is 10.1 Å². The highest BCUT2D eigenvalue weighted by Crippen LogP contribution is 2.31. The standard InChI is InChI=1S/C23H22N4O2S2/c1-15-6-7-16(2)19(13-15)24-21(28)14-31-23-26-25-22(20-5-4-12-30-20)27(23)17-8-10-18(29-3)11-9-17/h4-13H,14H2,1-3H3,(H,24,28). The van der Waals surface area contributed by atoms with Crippen LogP contribution in [0.5, 0.6) is 5.75 Å². The Kier molecular flexibility index (Phi) is 6.39. The fraction of sp³-hybridized carbons (Fsp3) is 0.174. The first kappa shape index (κ1) is 21.1. The lowest BCUT2D eigenvalue weighted by molar-refractivity contribution is -0.113. The number of aryl methyl sites for hydroxylation is 2. The van der Waals surface area contributed by atoms with E-state index in [0.29, 0.717) is 5.16 Å². The van der Waals surface area contributed by atoms with Crippen LogP contribution in [0, 0.1) is 13.8 Å². The average molecular weight is 451 g/mol. The van der Waals surface area contributed by atoms with E-state index in [2.05, 4.69) is 15.5 Å². The first-order valence-electron chi connectivity index (χ1n) is 9.69. The Morgan fingerprint density at radius 3 is 2.65 bits per heavy atom. The number of anilines is 1. The summed E-state index contributed by atoms with van der Waals surface area (Å²) in [7, 11) is 1.64. The number of rotatable bonds is 7. The summed E-state index contributed by atoms with van der Waals surface area (Å²) in [4.78, 5) is 13.6. The maximum Gasteiger partial charge on any atom is 0.234 e. The SMILES string of the molecule is COc1ccc(-n2c(SCC(=O)Nc3cc(C)ccc3C)nnc2-c2cccs2)cc1. The highest BCUT2D eigenvalue weighted by molar-refractivity contribution is 7.99. The van der Waals surface area contributed by atoms with Crippen LogP contribution in [-0.4, -0.2) is 33.5 Å². The molecular weight excluding hydrogens is 428 g/mol. The highest BCUT2D eigenvalue weighted by atomic mass is 32.2. The number of ether oxygens (including phenoxy) is 1. The lowest BCUT2D eigenvalue weighted by Crippen LogP contribution is -2.15. The molecule has 1 amide bonds. The number of thiophene rings is 1. The van der Waals surface area contributed by atoms with Crippen LogP contribution >= 0.6 is 23.1 Å². The zero-order valence-electron chi connectivity index (χ0n) is 17.5. The third-order valence-electron chi connectivity index (χ3n) is 4.71. The molecular formula is C23H22N4O2S2. The molecule has 6 nitrogen and oxygen atoms in total. The van der Waals surface area contributed by atoms with E-state index in [4.69, 9.17) is 4.74 Å². The second-order valence-electron chi connectivity index (χ2n) is 6.97. The number of nitrogens with zero attached hydrogens (tertiary/aromatic N) is 3. The number of amides is 1. The van der Waals surface area contributed by atoms with Crippen molar-refractivity contribution >= 4 is 34.7 Å². The highest BCUT2D eigenvalue weighted by Gasteiger charge is 2.18. The van der Waals surface area contributed by atoms with Crippen molar-refractivity contribution < 1.29 is 9.53 Å². The normalized spacial score (nSPS) is 10.8. The van der Waals surface area contributed by atoms with Gasteiger partial charge in [-0.3, -0.25) is 9.36 Å². The quantitative estimate of drug-likeness (QED) is 0.384. The second kappa shape index (κ2) is 9.36. The first-order valence-corrected chi connectivity index (χ1v) is 11.6. The Morgan fingerprint density at radius 2 is 1.94 bits per heavy atom. The molecule has 0 aliphatic carbocycles. The molecule has 2 aromatic heterocycles. The van der Waals surface area contributed by atoms with Crippen molar-refractivity contribution in [2.75, 3.05) is 18.2 Å². The van der Waals surface area contributed by atoms with Gasteiger partial charge in [-0.1, -0.05) is 30.0 Å². The molecule has 4 rings (SSSR count). The van der Waals surface area contributed by atoms with Gasteiger partial charge in [0.05, 0.1) is 23.4 Å². The van der Waals surface area contributed by atoms with Crippen molar-refractivity contribution in [2.24, 2.45) is 0 Å². The minimum Gasteiger partial charge on any atom is -0.497 e. The fourth-order valence-electron chi connectivity index (χ4n) is 3.08. The van der Waals surface area contributed by atoms with E-state index in [9.17, 15) is 4.79 Å². The molecule has 4 aromatic rings. The third kappa shape index (κ3) is 4.81. The molecule has 0 aliphatic rings. The van der Waals surface area contributed by atoms with Crippen molar-refractivity contribution in [1.29, 1.82) is 0 Å². The van der Waals surface area contributed by atoms with E-state index in [1.54, 1.807) is 18.4 Å². The number of carbonyl (C=O) groups excluding carboxylic acids is 1. The van der Waals surface area contributed by atoms with Gasteiger partial charge >= 0.3 is 0 Å². The van der Waals surface area contributed by atoms with Crippen LogP contribution in [-0.2, 0) is 4.79 Å². The first-order chi connectivity index (χ1) is 15.0. The van der Waals surface area contributed by atoms with Crippen LogP contribution in [0.2, 0.25) is 0 Å². The van der Waals surface area contributed by atoms with E-state index in [-0.39, 0.29) is 11.7 Å². The molecule has 0 unspecified atom stereocenters. The minimum atomic E-state index is -0.0827. The summed E-state index contributed by atoms with van der Waals surface area (Å²) in [5, 5.41) is 14.4. The molecule has 0 fully saturated rings. The molecule has 0 aliphatic heterocycles. The number of methoxy groups -OCH3 is 1. The molecule has 31 heavy (non-hydrogen) atoms. The van der Waals surface area contributed by atoms with Gasteiger partial charge in [0.25, 0.3) is 0 Å². The van der Waals surface area contributed by atoms with Gasteiger partial charge < -0.3 is 10.1 Å². The lowest BCUT2D eigenvalue weighted by atomic mass is 10.1.